The van der Waals surface area contributed by atoms with Crippen molar-refractivity contribution in [2.24, 2.45) is 0 Å². The van der Waals surface area contributed by atoms with Gasteiger partial charge >= 0.3 is 5.97 Å². The lowest BCUT2D eigenvalue weighted by molar-refractivity contribution is -0.144. The van der Waals surface area contributed by atoms with E-state index in [1.807, 2.05) is 6.92 Å². The molecular formula is C16H31N3O2. The van der Waals surface area contributed by atoms with Gasteiger partial charge in [0, 0.05) is 18.6 Å². The minimum Gasteiger partial charge on any atom is -0.480 e. The molecule has 1 heterocycles. The molecule has 0 bridgehead atoms. The number of likely N-dealkylation sites (tertiary alicyclic amines) is 1. The number of rotatable bonds is 7. The van der Waals surface area contributed by atoms with Gasteiger partial charge in [-0.15, -0.1) is 0 Å². The number of nitrogens with one attached hydrogen (secondary N) is 1. The minimum atomic E-state index is -0.701. The number of likely N-dealkylation sites (N-methyl/N-ethyl adjacent to an activating group) is 3. The average molecular weight is 297 g/mol. The highest BCUT2D eigenvalue weighted by atomic mass is 16.4. The van der Waals surface area contributed by atoms with Gasteiger partial charge in [-0.05, 0) is 58.8 Å². The van der Waals surface area contributed by atoms with Crippen LogP contribution in [0.4, 0.5) is 0 Å². The molecule has 0 aromatic carbocycles. The van der Waals surface area contributed by atoms with E-state index < -0.39 is 11.5 Å². The van der Waals surface area contributed by atoms with Crippen molar-refractivity contribution in [2.75, 3.05) is 33.2 Å². The third kappa shape index (κ3) is 3.58. The number of carboxylic acid groups (broad SMARTS) is 1. The van der Waals surface area contributed by atoms with Crippen molar-refractivity contribution in [3.05, 3.63) is 0 Å². The molecule has 0 radical (unpaired) electrons. The van der Waals surface area contributed by atoms with E-state index in [-0.39, 0.29) is 0 Å². The van der Waals surface area contributed by atoms with Gasteiger partial charge in [-0.25, -0.2) is 0 Å². The normalized spacial score (nSPS) is 33.9. The quantitative estimate of drug-likeness (QED) is 0.744. The highest BCUT2D eigenvalue weighted by Crippen LogP contribution is 2.33. The molecule has 21 heavy (non-hydrogen) atoms. The van der Waals surface area contributed by atoms with Gasteiger partial charge in [0.05, 0.1) is 0 Å². The number of carboxylic acids is 1. The number of nitrogens with zero attached hydrogens (tertiary/aromatic N) is 2. The fraction of sp³-hybridized carbons (Fsp3) is 0.938. The molecule has 2 fully saturated rings. The van der Waals surface area contributed by atoms with Crippen molar-refractivity contribution < 1.29 is 9.90 Å². The molecule has 2 rings (SSSR count). The number of carbonyl (C=O) groups is 1. The van der Waals surface area contributed by atoms with Crippen LogP contribution in [-0.2, 0) is 4.79 Å². The zero-order valence-corrected chi connectivity index (χ0v) is 13.8. The summed E-state index contributed by atoms with van der Waals surface area (Å²) in [5, 5.41) is 12.8. The standard InChI is InChI=1S/C16H31N3O2/c1-4-17-16(15(20)21)9-8-13(11-16)18(3)12-14-7-6-10-19(14)5-2/h13-14,17H,4-12H2,1-3H3,(H,20,21). The van der Waals surface area contributed by atoms with E-state index in [1.165, 1.54) is 19.4 Å². The fourth-order valence-corrected chi connectivity index (χ4v) is 4.16. The second-order valence-electron chi connectivity index (χ2n) is 6.68. The van der Waals surface area contributed by atoms with Crippen molar-refractivity contribution in [1.29, 1.82) is 0 Å². The third-order valence-corrected chi connectivity index (χ3v) is 5.44. The third-order valence-electron chi connectivity index (χ3n) is 5.44. The first-order valence-electron chi connectivity index (χ1n) is 8.45. The van der Waals surface area contributed by atoms with Gasteiger partial charge in [0.1, 0.15) is 5.54 Å². The Morgan fingerprint density at radius 1 is 1.43 bits per heavy atom. The maximum atomic E-state index is 11.6. The fourth-order valence-electron chi connectivity index (χ4n) is 4.16. The first-order valence-corrected chi connectivity index (χ1v) is 8.45. The van der Waals surface area contributed by atoms with Gasteiger partial charge in [0.25, 0.3) is 0 Å². The maximum absolute atomic E-state index is 11.6. The summed E-state index contributed by atoms with van der Waals surface area (Å²) in [6.07, 6.45) is 5.03. The summed E-state index contributed by atoms with van der Waals surface area (Å²) in [5.74, 6) is -0.684. The van der Waals surface area contributed by atoms with E-state index in [0.717, 1.165) is 38.9 Å². The van der Waals surface area contributed by atoms with Crippen LogP contribution in [0.1, 0.15) is 46.0 Å². The van der Waals surface area contributed by atoms with Crippen LogP contribution in [0.3, 0.4) is 0 Å². The molecule has 122 valence electrons. The molecule has 2 aliphatic rings. The lowest BCUT2D eigenvalue weighted by Crippen LogP contribution is -2.51. The Balaban J connectivity index is 1.92. The van der Waals surface area contributed by atoms with Crippen molar-refractivity contribution in [3.63, 3.8) is 0 Å². The van der Waals surface area contributed by atoms with Crippen LogP contribution in [0.5, 0.6) is 0 Å². The first kappa shape index (κ1) is 16.7. The summed E-state index contributed by atoms with van der Waals surface area (Å²) in [7, 11) is 2.17. The monoisotopic (exact) mass is 297 g/mol. The molecule has 3 atom stereocenters. The Bertz CT molecular complexity index is 363. The van der Waals surface area contributed by atoms with E-state index in [4.69, 9.17) is 0 Å². The molecule has 1 aliphatic heterocycles. The van der Waals surface area contributed by atoms with E-state index in [9.17, 15) is 9.90 Å². The van der Waals surface area contributed by atoms with Crippen LogP contribution in [0.25, 0.3) is 0 Å². The molecule has 0 spiro atoms. The smallest absolute Gasteiger partial charge is 0.323 e. The molecule has 5 nitrogen and oxygen atoms in total. The lowest BCUT2D eigenvalue weighted by Gasteiger charge is -2.32. The van der Waals surface area contributed by atoms with Gasteiger partial charge < -0.3 is 15.3 Å². The van der Waals surface area contributed by atoms with E-state index in [2.05, 4.69) is 29.1 Å². The van der Waals surface area contributed by atoms with Gasteiger partial charge in [-0.3, -0.25) is 9.69 Å². The lowest BCUT2D eigenvalue weighted by atomic mass is 9.97. The zero-order chi connectivity index (χ0) is 15.5. The maximum Gasteiger partial charge on any atom is 0.323 e. The summed E-state index contributed by atoms with van der Waals surface area (Å²) >= 11 is 0. The predicted molar refractivity (Wildman–Crippen MR) is 84.6 cm³/mol. The minimum absolute atomic E-state index is 0.388. The van der Waals surface area contributed by atoms with Crippen LogP contribution in [0.2, 0.25) is 0 Å². The molecule has 5 heteroatoms. The SMILES string of the molecule is CCNC1(C(=O)O)CCC(N(C)CC2CCCN2CC)C1. The largest absolute Gasteiger partial charge is 0.480 e. The van der Waals surface area contributed by atoms with Crippen molar-refractivity contribution >= 4 is 5.97 Å². The van der Waals surface area contributed by atoms with E-state index in [1.54, 1.807) is 0 Å². The Morgan fingerprint density at radius 2 is 2.19 bits per heavy atom. The van der Waals surface area contributed by atoms with E-state index >= 15 is 0 Å². The van der Waals surface area contributed by atoms with Crippen LogP contribution in [0.15, 0.2) is 0 Å². The van der Waals surface area contributed by atoms with Crippen LogP contribution in [0, 0.1) is 0 Å². The average Bonchev–Trinajstić information content (AvgIpc) is 3.06. The molecule has 1 saturated carbocycles. The number of hydrogen-bond acceptors (Lipinski definition) is 4. The topological polar surface area (TPSA) is 55.8 Å². The number of aliphatic carboxylic acids is 1. The first-order chi connectivity index (χ1) is 10.0. The highest BCUT2D eigenvalue weighted by Gasteiger charge is 2.46. The van der Waals surface area contributed by atoms with Gasteiger partial charge in [-0.1, -0.05) is 13.8 Å². The molecule has 1 aliphatic carbocycles. The molecule has 3 unspecified atom stereocenters. The Morgan fingerprint density at radius 3 is 2.81 bits per heavy atom. The summed E-state index contributed by atoms with van der Waals surface area (Å²) in [4.78, 5) is 16.6. The summed E-state index contributed by atoms with van der Waals surface area (Å²) in [6.45, 7) is 8.35. The summed E-state index contributed by atoms with van der Waals surface area (Å²) < 4.78 is 0. The number of hydrogen-bond donors (Lipinski definition) is 2. The molecule has 0 aromatic heterocycles. The molecule has 0 amide bonds. The summed E-state index contributed by atoms with van der Waals surface area (Å²) in [5.41, 5.74) is -0.701. The Labute approximate surface area is 128 Å². The van der Waals surface area contributed by atoms with Crippen molar-refractivity contribution in [1.82, 2.24) is 15.1 Å². The molecule has 2 N–H and O–H groups in total. The summed E-state index contributed by atoms with van der Waals surface area (Å²) in [6, 6.07) is 1.04. The molecule has 1 saturated heterocycles. The van der Waals surface area contributed by atoms with Crippen molar-refractivity contribution in [2.45, 2.75) is 63.6 Å². The van der Waals surface area contributed by atoms with E-state index in [0.29, 0.717) is 12.1 Å². The Hall–Kier alpha value is -0.650. The van der Waals surface area contributed by atoms with Gasteiger partial charge in [0.15, 0.2) is 0 Å². The van der Waals surface area contributed by atoms with Crippen LogP contribution in [-0.4, -0.2) is 71.7 Å². The van der Waals surface area contributed by atoms with Crippen LogP contribution < -0.4 is 5.32 Å². The second kappa shape index (κ2) is 7.07. The molecule has 0 aromatic rings. The zero-order valence-electron chi connectivity index (χ0n) is 13.8. The Kier molecular flexibility index (Phi) is 5.63. The second-order valence-corrected chi connectivity index (χ2v) is 6.68. The van der Waals surface area contributed by atoms with Gasteiger partial charge in [0.2, 0.25) is 0 Å². The highest BCUT2D eigenvalue weighted by molar-refractivity contribution is 5.79. The van der Waals surface area contributed by atoms with Gasteiger partial charge in [-0.2, -0.15) is 0 Å². The molecular weight excluding hydrogens is 266 g/mol. The van der Waals surface area contributed by atoms with Crippen molar-refractivity contribution in [3.8, 4) is 0 Å². The predicted octanol–water partition coefficient (Wildman–Crippen LogP) is 1.39. The van der Waals surface area contributed by atoms with Crippen LogP contribution >= 0.6 is 0 Å².